The highest BCUT2D eigenvalue weighted by atomic mass is 35.5. The summed E-state index contributed by atoms with van der Waals surface area (Å²) in [6, 6.07) is 13.9. The fraction of sp³-hybridized carbons (Fsp3) is 0.0952. The molecule has 2 N–H and O–H groups in total. The fourth-order valence-corrected chi connectivity index (χ4v) is 2.95. The SMILES string of the molecule is COc1ccc(C(=O)Nc2ccc(Cl)c(Cl)c2)cc1Nc1cccc(C(F)(F)F)c1. The van der Waals surface area contributed by atoms with E-state index in [1.165, 1.54) is 37.4 Å². The quantitative estimate of drug-likeness (QED) is 0.435. The molecule has 0 heterocycles. The Labute approximate surface area is 180 Å². The van der Waals surface area contributed by atoms with E-state index in [9.17, 15) is 18.0 Å². The van der Waals surface area contributed by atoms with E-state index in [4.69, 9.17) is 27.9 Å². The molecule has 0 saturated heterocycles. The normalized spacial score (nSPS) is 11.1. The Bertz CT molecular complexity index is 1090. The minimum Gasteiger partial charge on any atom is -0.495 e. The van der Waals surface area contributed by atoms with Crippen molar-refractivity contribution in [3.8, 4) is 5.75 Å². The standard InChI is InChI=1S/C21H15Cl2F3N2O2/c1-30-19-8-5-12(20(29)28-15-6-7-16(22)17(23)11-15)9-18(19)27-14-4-2-3-13(10-14)21(24,25)26/h2-11,27H,1H3,(H,28,29). The molecular formula is C21H15Cl2F3N2O2. The molecule has 0 aromatic heterocycles. The number of benzene rings is 3. The zero-order valence-electron chi connectivity index (χ0n) is 15.5. The molecule has 156 valence electrons. The average molecular weight is 455 g/mol. The van der Waals surface area contributed by atoms with E-state index < -0.39 is 17.6 Å². The average Bonchev–Trinajstić information content (AvgIpc) is 2.70. The molecule has 0 unspecified atom stereocenters. The van der Waals surface area contributed by atoms with E-state index in [1.807, 2.05) is 0 Å². The summed E-state index contributed by atoms with van der Waals surface area (Å²) in [5, 5.41) is 6.19. The third-order valence-electron chi connectivity index (χ3n) is 4.11. The second-order valence-corrected chi connectivity index (χ2v) is 7.02. The zero-order chi connectivity index (χ0) is 21.9. The highest BCUT2D eigenvalue weighted by molar-refractivity contribution is 6.42. The van der Waals surface area contributed by atoms with Gasteiger partial charge in [-0.2, -0.15) is 13.2 Å². The molecule has 30 heavy (non-hydrogen) atoms. The van der Waals surface area contributed by atoms with Gasteiger partial charge in [-0.1, -0.05) is 29.3 Å². The number of amides is 1. The van der Waals surface area contributed by atoms with Gasteiger partial charge < -0.3 is 15.4 Å². The summed E-state index contributed by atoms with van der Waals surface area (Å²) >= 11 is 11.8. The Balaban J connectivity index is 1.86. The molecule has 0 bridgehead atoms. The topological polar surface area (TPSA) is 50.4 Å². The molecule has 0 fully saturated rings. The fourth-order valence-electron chi connectivity index (χ4n) is 2.65. The van der Waals surface area contributed by atoms with E-state index in [0.29, 0.717) is 22.1 Å². The van der Waals surface area contributed by atoms with Crippen molar-refractivity contribution in [2.75, 3.05) is 17.7 Å². The van der Waals surface area contributed by atoms with Crippen LogP contribution < -0.4 is 15.4 Å². The van der Waals surface area contributed by atoms with Crippen LogP contribution in [0.15, 0.2) is 60.7 Å². The third kappa shape index (κ3) is 5.17. The predicted molar refractivity (Wildman–Crippen MR) is 112 cm³/mol. The summed E-state index contributed by atoms with van der Waals surface area (Å²) in [6.07, 6.45) is -4.47. The number of anilines is 3. The van der Waals surface area contributed by atoms with Crippen molar-refractivity contribution < 1.29 is 22.7 Å². The maximum atomic E-state index is 13.0. The number of ether oxygens (including phenoxy) is 1. The second kappa shape index (κ2) is 8.85. The molecule has 0 aliphatic carbocycles. The highest BCUT2D eigenvalue weighted by Crippen LogP contribution is 2.34. The molecule has 0 aliphatic heterocycles. The molecule has 0 aliphatic rings. The number of nitrogens with one attached hydrogen (secondary N) is 2. The monoisotopic (exact) mass is 454 g/mol. The van der Waals surface area contributed by atoms with Crippen LogP contribution in [0.1, 0.15) is 15.9 Å². The van der Waals surface area contributed by atoms with E-state index in [0.717, 1.165) is 12.1 Å². The maximum Gasteiger partial charge on any atom is 0.416 e. The Morgan fingerprint density at radius 2 is 1.70 bits per heavy atom. The lowest BCUT2D eigenvalue weighted by Gasteiger charge is -2.15. The Hall–Kier alpha value is -2.90. The van der Waals surface area contributed by atoms with Gasteiger partial charge in [-0.05, 0) is 54.6 Å². The molecule has 0 spiro atoms. The van der Waals surface area contributed by atoms with Crippen LogP contribution in [0.4, 0.5) is 30.2 Å². The van der Waals surface area contributed by atoms with E-state index >= 15 is 0 Å². The highest BCUT2D eigenvalue weighted by Gasteiger charge is 2.30. The second-order valence-electron chi connectivity index (χ2n) is 6.20. The van der Waals surface area contributed by atoms with Crippen LogP contribution in [0.2, 0.25) is 10.0 Å². The number of carbonyl (C=O) groups excluding carboxylic acids is 1. The van der Waals surface area contributed by atoms with Gasteiger partial charge in [0.15, 0.2) is 0 Å². The molecule has 3 aromatic carbocycles. The van der Waals surface area contributed by atoms with Gasteiger partial charge in [0.05, 0.1) is 28.4 Å². The summed E-state index contributed by atoms with van der Waals surface area (Å²) < 4.78 is 44.1. The van der Waals surface area contributed by atoms with Crippen molar-refractivity contribution in [1.29, 1.82) is 0 Å². The summed E-state index contributed by atoms with van der Waals surface area (Å²) in [6.45, 7) is 0. The van der Waals surface area contributed by atoms with Crippen LogP contribution in [-0.4, -0.2) is 13.0 Å². The van der Waals surface area contributed by atoms with Crippen LogP contribution in [0, 0.1) is 0 Å². The number of hydrogen-bond acceptors (Lipinski definition) is 3. The van der Waals surface area contributed by atoms with Crippen LogP contribution in [0.5, 0.6) is 5.75 Å². The first kappa shape index (κ1) is 21.8. The zero-order valence-corrected chi connectivity index (χ0v) is 17.0. The van der Waals surface area contributed by atoms with Crippen LogP contribution in [0.3, 0.4) is 0 Å². The number of hydrogen-bond donors (Lipinski definition) is 2. The van der Waals surface area contributed by atoms with Gasteiger partial charge in [-0.3, -0.25) is 4.79 Å². The maximum absolute atomic E-state index is 13.0. The van der Waals surface area contributed by atoms with Crippen molar-refractivity contribution in [3.05, 3.63) is 81.8 Å². The van der Waals surface area contributed by atoms with Gasteiger partial charge in [0, 0.05) is 16.9 Å². The summed E-state index contributed by atoms with van der Waals surface area (Å²) in [4.78, 5) is 12.6. The molecule has 0 saturated carbocycles. The number of alkyl halides is 3. The van der Waals surface area contributed by atoms with E-state index in [-0.39, 0.29) is 16.3 Å². The minimum atomic E-state index is -4.47. The lowest BCUT2D eigenvalue weighted by molar-refractivity contribution is -0.137. The lowest BCUT2D eigenvalue weighted by Crippen LogP contribution is -2.12. The predicted octanol–water partition coefficient (Wildman–Crippen LogP) is 7.02. The summed E-state index contributed by atoms with van der Waals surface area (Å²) in [5.41, 5.74) is 0.442. The first-order valence-corrected chi connectivity index (χ1v) is 9.31. The number of rotatable bonds is 5. The van der Waals surface area contributed by atoms with Crippen molar-refractivity contribution in [3.63, 3.8) is 0 Å². The molecule has 3 aromatic rings. The first-order valence-electron chi connectivity index (χ1n) is 8.56. The summed E-state index contributed by atoms with van der Waals surface area (Å²) in [5.74, 6) is -0.0818. The Kier molecular flexibility index (Phi) is 6.43. The number of carbonyl (C=O) groups is 1. The van der Waals surface area contributed by atoms with Gasteiger partial charge in [-0.15, -0.1) is 0 Å². The van der Waals surface area contributed by atoms with Gasteiger partial charge >= 0.3 is 6.18 Å². The van der Waals surface area contributed by atoms with Gasteiger partial charge in [0.2, 0.25) is 0 Å². The molecule has 4 nitrogen and oxygen atoms in total. The van der Waals surface area contributed by atoms with Crippen LogP contribution >= 0.6 is 23.2 Å². The van der Waals surface area contributed by atoms with Crippen molar-refractivity contribution in [2.24, 2.45) is 0 Å². The molecular weight excluding hydrogens is 440 g/mol. The summed E-state index contributed by atoms with van der Waals surface area (Å²) in [7, 11) is 1.42. The molecule has 1 amide bonds. The molecule has 0 radical (unpaired) electrons. The number of halogens is 5. The largest absolute Gasteiger partial charge is 0.495 e. The van der Waals surface area contributed by atoms with Gasteiger partial charge in [0.1, 0.15) is 5.75 Å². The lowest BCUT2D eigenvalue weighted by atomic mass is 10.1. The van der Waals surface area contributed by atoms with Crippen LogP contribution in [-0.2, 0) is 6.18 Å². The molecule has 9 heteroatoms. The minimum absolute atomic E-state index is 0.199. The Morgan fingerprint density at radius 3 is 2.37 bits per heavy atom. The first-order chi connectivity index (χ1) is 14.2. The van der Waals surface area contributed by atoms with E-state index in [1.54, 1.807) is 18.2 Å². The van der Waals surface area contributed by atoms with Gasteiger partial charge in [-0.25, -0.2) is 0 Å². The van der Waals surface area contributed by atoms with Crippen LogP contribution in [0.25, 0.3) is 0 Å². The van der Waals surface area contributed by atoms with Crippen molar-refractivity contribution in [2.45, 2.75) is 6.18 Å². The van der Waals surface area contributed by atoms with Gasteiger partial charge in [0.25, 0.3) is 5.91 Å². The number of methoxy groups -OCH3 is 1. The van der Waals surface area contributed by atoms with Crippen molar-refractivity contribution in [1.82, 2.24) is 0 Å². The smallest absolute Gasteiger partial charge is 0.416 e. The Morgan fingerprint density at radius 1 is 0.933 bits per heavy atom. The van der Waals surface area contributed by atoms with E-state index in [2.05, 4.69) is 10.6 Å². The van der Waals surface area contributed by atoms with Crippen molar-refractivity contribution >= 4 is 46.2 Å². The molecule has 0 atom stereocenters. The molecule has 3 rings (SSSR count). The third-order valence-corrected chi connectivity index (χ3v) is 4.85.